The van der Waals surface area contributed by atoms with Gasteiger partial charge in [-0.15, -0.1) is 11.3 Å². The summed E-state index contributed by atoms with van der Waals surface area (Å²) < 4.78 is 2.14. The second-order valence-electron chi connectivity index (χ2n) is 6.56. The third-order valence-corrected chi connectivity index (χ3v) is 6.40. The Morgan fingerprint density at radius 3 is 3.04 bits per heavy atom. The summed E-state index contributed by atoms with van der Waals surface area (Å²) in [5.41, 5.74) is 9.42. The number of nitrogens with zero attached hydrogens (tertiary/aromatic N) is 3. The van der Waals surface area contributed by atoms with Crippen LogP contribution in [-0.2, 0) is 6.42 Å². The Hall–Kier alpha value is -2.51. The van der Waals surface area contributed by atoms with E-state index in [-0.39, 0.29) is 17.0 Å². The number of aliphatic hydroxyl groups is 1. The van der Waals surface area contributed by atoms with E-state index in [0.29, 0.717) is 5.69 Å². The van der Waals surface area contributed by atoms with Crippen LogP contribution in [-0.4, -0.2) is 25.5 Å². The van der Waals surface area contributed by atoms with Crippen molar-refractivity contribution in [3.8, 4) is 11.3 Å². The molecule has 0 spiro atoms. The molecule has 3 heterocycles. The number of aliphatic hydroxyl groups excluding tert-OH is 1. The molecule has 0 saturated carbocycles. The third-order valence-electron chi connectivity index (χ3n) is 5.26. The molecule has 0 fully saturated rings. The van der Waals surface area contributed by atoms with E-state index >= 15 is 0 Å². The smallest absolute Gasteiger partial charge is 0.277 e. The number of benzene rings is 1. The topological polar surface area (TPSA) is 94.0 Å². The molecule has 7 heteroatoms. The predicted octanol–water partition coefficient (Wildman–Crippen LogP) is 2.30. The molecule has 1 aliphatic heterocycles. The Balaban J connectivity index is 1.59. The number of carbonyl (C=O) groups is 1. The van der Waals surface area contributed by atoms with Crippen molar-refractivity contribution in [2.24, 2.45) is 11.7 Å². The van der Waals surface area contributed by atoms with Gasteiger partial charge in [-0.05, 0) is 18.4 Å². The summed E-state index contributed by atoms with van der Waals surface area (Å²) in [4.78, 5) is 21.0. The van der Waals surface area contributed by atoms with Crippen molar-refractivity contribution >= 4 is 17.2 Å². The number of aryl methyl sites for hydroxylation is 1. The molecule has 1 aromatic carbocycles. The highest BCUT2D eigenvalue weighted by Crippen LogP contribution is 2.50. The lowest BCUT2D eigenvalue weighted by molar-refractivity contribution is 0.0690. The average molecular weight is 352 g/mol. The summed E-state index contributed by atoms with van der Waals surface area (Å²) in [6.07, 6.45) is 4.60. The molecule has 3 aromatic rings. The molecular formula is C18H16N4O2S. The summed E-state index contributed by atoms with van der Waals surface area (Å²) >= 11 is 1.30. The summed E-state index contributed by atoms with van der Waals surface area (Å²) in [6, 6.07) is 8.28. The van der Waals surface area contributed by atoms with Crippen LogP contribution < -0.4 is 5.73 Å². The van der Waals surface area contributed by atoms with Crippen LogP contribution in [0.15, 0.2) is 36.8 Å². The van der Waals surface area contributed by atoms with E-state index in [2.05, 4.69) is 26.7 Å². The van der Waals surface area contributed by atoms with Crippen molar-refractivity contribution < 1.29 is 9.90 Å². The van der Waals surface area contributed by atoms with Crippen LogP contribution in [0.4, 0.5) is 0 Å². The van der Waals surface area contributed by atoms with Gasteiger partial charge < -0.3 is 15.4 Å². The molecule has 0 radical (unpaired) electrons. The number of imidazole rings is 1. The number of rotatable bonds is 2. The zero-order chi connectivity index (χ0) is 17.1. The summed E-state index contributed by atoms with van der Waals surface area (Å²) in [7, 11) is 0. The number of thiazole rings is 1. The van der Waals surface area contributed by atoms with Crippen LogP contribution in [0.3, 0.4) is 0 Å². The summed E-state index contributed by atoms with van der Waals surface area (Å²) in [5, 5.41) is 11.3. The van der Waals surface area contributed by atoms with Crippen molar-refractivity contribution in [1.29, 1.82) is 0 Å². The molecule has 3 atom stereocenters. The van der Waals surface area contributed by atoms with Crippen LogP contribution in [0.25, 0.3) is 11.3 Å². The highest BCUT2D eigenvalue weighted by atomic mass is 32.1. The fraction of sp³-hybridized carbons (Fsp3) is 0.278. The lowest BCUT2D eigenvalue weighted by Gasteiger charge is -2.33. The first-order chi connectivity index (χ1) is 12.1. The second-order valence-corrected chi connectivity index (χ2v) is 7.64. The first-order valence-corrected chi connectivity index (χ1v) is 9.05. The van der Waals surface area contributed by atoms with E-state index in [1.807, 2.05) is 24.7 Å². The molecular weight excluding hydrogens is 336 g/mol. The lowest BCUT2D eigenvalue weighted by Crippen LogP contribution is -2.28. The van der Waals surface area contributed by atoms with Crippen molar-refractivity contribution in [3.63, 3.8) is 0 Å². The van der Waals surface area contributed by atoms with E-state index in [4.69, 9.17) is 5.73 Å². The quantitative estimate of drug-likeness (QED) is 0.740. The van der Waals surface area contributed by atoms with Crippen LogP contribution in [0, 0.1) is 5.92 Å². The van der Waals surface area contributed by atoms with Gasteiger partial charge in [-0.1, -0.05) is 24.3 Å². The Morgan fingerprint density at radius 2 is 2.20 bits per heavy atom. The zero-order valence-electron chi connectivity index (χ0n) is 13.3. The molecule has 3 N–H and O–H groups in total. The molecule has 6 nitrogen and oxygen atoms in total. The van der Waals surface area contributed by atoms with Crippen LogP contribution in [0.1, 0.15) is 44.5 Å². The van der Waals surface area contributed by atoms with Crippen molar-refractivity contribution in [2.45, 2.75) is 25.0 Å². The van der Waals surface area contributed by atoms with Gasteiger partial charge in [0.15, 0.2) is 5.01 Å². The fourth-order valence-corrected chi connectivity index (χ4v) is 5.15. The molecule has 5 rings (SSSR count). The molecule has 1 aliphatic carbocycles. The highest BCUT2D eigenvalue weighted by Gasteiger charge is 2.42. The van der Waals surface area contributed by atoms with Gasteiger partial charge in [-0.2, -0.15) is 0 Å². The van der Waals surface area contributed by atoms with Gasteiger partial charge in [0.1, 0.15) is 6.10 Å². The lowest BCUT2D eigenvalue weighted by atomic mass is 9.80. The minimum absolute atomic E-state index is 0.0214. The van der Waals surface area contributed by atoms with Gasteiger partial charge in [0.25, 0.3) is 5.91 Å². The van der Waals surface area contributed by atoms with Gasteiger partial charge in [0, 0.05) is 16.4 Å². The van der Waals surface area contributed by atoms with Gasteiger partial charge in [0.2, 0.25) is 0 Å². The molecule has 0 saturated heterocycles. The number of hydrogen-bond donors (Lipinski definition) is 2. The van der Waals surface area contributed by atoms with E-state index in [9.17, 15) is 9.90 Å². The third kappa shape index (κ3) is 2.03. The maximum absolute atomic E-state index is 11.4. The van der Waals surface area contributed by atoms with Crippen molar-refractivity contribution in [3.05, 3.63) is 57.9 Å². The first kappa shape index (κ1) is 14.8. The number of primary amides is 1. The number of aromatic nitrogens is 3. The molecule has 0 bridgehead atoms. The Labute approximate surface area is 148 Å². The van der Waals surface area contributed by atoms with Gasteiger partial charge >= 0.3 is 0 Å². The monoisotopic (exact) mass is 352 g/mol. The van der Waals surface area contributed by atoms with Gasteiger partial charge in [-0.3, -0.25) is 4.79 Å². The fourth-order valence-electron chi connectivity index (χ4n) is 4.18. The first-order valence-electron chi connectivity index (χ1n) is 8.23. The number of nitrogens with two attached hydrogens (primary N) is 1. The number of carbonyl (C=O) groups excluding carboxylic acids is 1. The van der Waals surface area contributed by atoms with Crippen LogP contribution >= 0.6 is 11.3 Å². The van der Waals surface area contributed by atoms with E-state index in [1.165, 1.54) is 22.5 Å². The minimum atomic E-state index is -0.723. The summed E-state index contributed by atoms with van der Waals surface area (Å²) in [5.74, 6) is -0.557. The molecule has 25 heavy (non-hydrogen) atoms. The van der Waals surface area contributed by atoms with E-state index in [1.54, 1.807) is 0 Å². The van der Waals surface area contributed by atoms with Crippen LogP contribution in [0.5, 0.6) is 0 Å². The Bertz CT molecular complexity index is 993. The van der Waals surface area contributed by atoms with Crippen molar-refractivity contribution in [1.82, 2.24) is 14.5 Å². The molecule has 126 valence electrons. The average Bonchev–Trinajstić information content (AvgIpc) is 3.29. The summed E-state index contributed by atoms with van der Waals surface area (Å²) in [6.45, 7) is 0. The number of amides is 1. The van der Waals surface area contributed by atoms with Gasteiger partial charge in [0.05, 0.1) is 30.0 Å². The normalized spacial score (nSPS) is 23.8. The Kier molecular flexibility index (Phi) is 3.10. The van der Waals surface area contributed by atoms with Crippen LogP contribution in [0.2, 0.25) is 0 Å². The minimum Gasteiger partial charge on any atom is -0.386 e. The standard InChI is InChI=1S/C18H16N4O2S/c19-17(24)18-21-14-13(25-18)6-5-11(16(14)23)15-10-4-2-1-3-9(10)12-7-20-8-22(12)15/h1-4,7-8,11,15-16,23H,5-6H2,(H2,19,24)/t11-,15-,16-/m1/s1. The predicted molar refractivity (Wildman–Crippen MR) is 93.2 cm³/mol. The number of fused-ring (bicyclic) bond motifs is 4. The van der Waals surface area contributed by atoms with E-state index < -0.39 is 12.0 Å². The highest BCUT2D eigenvalue weighted by molar-refractivity contribution is 7.13. The SMILES string of the molecule is NC(=O)c1nc2c(s1)CC[C@H]([C@H]1c3ccccc3-c3cncn31)[C@H]2O. The second kappa shape index (κ2) is 5.24. The molecule has 1 amide bonds. The zero-order valence-corrected chi connectivity index (χ0v) is 14.1. The Morgan fingerprint density at radius 1 is 1.36 bits per heavy atom. The molecule has 0 unspecified atom stereocenters. The number of hydrogen-bond acceptors (Lipinski definition) is 5. The molecule has 2 aliphatic rings. The van der Waals surface area contributed by atoms with Crippen molar-refractivity contribution in [2.75, 3.05) is 0 Å². The van der Waals surface area contributed by atoms with E-state index in [0.717, 1.165) is 23.4 Å². The molecule has 2 aromatic heterocycles. The van der Waals surface area contributed by atoms with Gasteiger partial charge in [-0.25, -0.2) is 9.97 Å². The maximum atomic E-state index is 11.4. The maximum Gasteiger partial charge on any atom is 0.277 e. The largest absolute Gasteiger partial charge is 0.386 e.